The third kappa shape index (κ3) is 5.19. The lowest BCUT2D eigenvalue weighted by molar-refractivity contribution is 0.0535. The first-order valence-electron chi connectivity index (χ1n) is 6.11. The monoisotopic (exact) mass is 279 g/mol. The Kier molecular flexibility index (Phi) is 5.39. The molecule has 0 saturated carbocycles. The van der Waals surface area contributed by atoms with Crippen LogP contribution in [0.4, 0.5) is 9.18 Å². The van der Waals surface area contributed by atoms with Gasteiger partial charge in [-0.3, -0.25) is 0 Å². The number of nitrogens with one attached hydrogen (secondary N) is 1. The van der Waals surface area contributed by atoms with E-state index < -0.39 is 17.5 Å². The number of amides is 1. The molecule has 0 heterocycles. The van der Waals surface area contributed by atoms with Crippen molar-refractivity contribution in [2.24, 2.45) is 0 Å². The smallest absolute Gasteiger partial charge is 0.408 e. The fraction of sp³-hybridized carbons (Fsp3) is 0.400. The average molecular weight is 279 g/mol. The van der Waals surface area contributed by atoms with Gasteiger partial charge in [-0.1, -0.05) is 17.9 Å². The number of ether oxygens (including phenoxy) is 2. The van der Waals surface area contributed by atoms with Crippen LogP contribution in [0.1, 0.15) is 26.3 Å². The van der Waals surface area contributed by atoms with Crippen LogP contribution in [-0.4, -0.2) is 25.3 Å². The molecule has 0 bridgehead atoms. The van der Waals surface area contributed by atoms with Crippen molar-refractivity contribution >= 4 is 6.09 Å². The van der Waals surface area contributed by atoms with Gasteiger partial charge in [-0.15, -0.1) is 0 Å². The molecule has 4 nitrogen and oxygen atoms in total. The number of carbonyl (C=O) groups excluding carboxylic acids is 1. The van der Waals surface area contributed by atoms with Gasteiger partial charge >= 0.3 is 6.09 Å². The quantitative estimate of drug-likeness (QED) is 0.847. The number of para-hydroxylation sites is 1. The van der Waals surface area contributed by atoms with Gasteiger partial charge in [0.05, 0.1) is 19.2 Å². The maximum atomic E-state index is 13.4. The summed E-state index contributed by atoms with van der Waals surface area (Å²) in [6.07, 6.45) is -0.544. The molecular weight excluding hydrogens is 261 g/mol. The van der Waals surface area contributed by atoms with E-state index in [1.54, 1.807) is 32.9 Å². The van der Waals surface area contributed by atoms with Crippen LogP contribution >= 0.6 is 0 Å². The maximum Gasteiger partial charge on any atom is 0.408 e. The van der Waals surface area contributed by atoms with Crippen molar-refractivity contribution in [1.29, 1.82) is 0 Å². The van der Waals surface area contributed by atoms with Gasteiger partial charge in [0.15, 0.2) is 11.6 Å². The standard InChI is InChI=1S/C15H18FNO3/c1-15(2,3)20-14(18)17-10-6-8-11-7-5-9-12(16)13(11)19-4/h5,7,9H,10H2,1-4H3,(H,17,18). The number of rotatable bonds is 2. The fourth-order valence-electron chi connectivity index (χ4n) is 1.38. The summed E-state index contributed by atoms with van der Waals surface area (Å²) in [5.41, 5.74) is -0.123. The number of alkyl carbamates (subject to hydrolysis) is 1. The van der Waals surface area contributed by atoms with Crippen molar-refractivity contribution in [3.63, 3.8) is 0 Å². The van der Waals surface area contributed by atoms with Crippen molar-refractivity contribution in [2.75, 3.05) is 13.7 Å². The first-order chi connectivity index (χ1) is 9.33. The zero-order valence-corrected chi connectivity index (χ0v) is 12.0. The first-order valence-corrected chi connectivity index (χ1v) is 6.11. The summed E-state index contributed by atoms with van der Waals surface area (Å²) in [5, 5.41) is 2.49. The molecule has 1 rings (SSSR count). The average Bonchev–Trinajstić information content (AvgIpc) is 2.32. The second-order valence-electron chi connectivity index (χ2n) is 4.98. The highest BCUT2D eigenvalue weighted by Gasteiger charge is 2.15. The topological polar surface area (TPSA) is 47.6 Å². The number of methoxy groups -OCH3 is 1. The van der Waals surface area contributed by atoms with E-state index in [4.69, 9.17) is 9.47 Å². The van der Waals surface area contributed by atoms with E-state index in [9.17, 15) is 9.18 Å². The van der Waals surface area contributed by atoms with Crippen molar-refractivity contribution in [2.45, 2.75) is 26.4 Å². The molecule has 1 aromatic carbocycles. The van der Waals surface area contributed by atoms with Crippen molar-refractivity contribution < 1.29 is 18.7 Å². The molecule has 1 aromatic rings. The Hall–Kier alpha value is -2.22. The minimum Gasteiger partial charge on any atom is -0.492 e. The van der Waals surface area contributed by atoms with Gasteiger partial charge in [0, 0.05) is 0 Å². The molecule has 0 aliphatic rings. The predicted octanol–water partition coefficient (Wildman–Crippen LogP) is 2.71. The minimum absolute atomic E-state index is 0.0947. The SMILES string of the molecule is COc1c(F)cccc1C#CCNC(=O)OC(C)(C)C. The third-order valence-corrected chi connectivity index (χ3v) is 2.11. The first kappa shape index (κ1) is 15.8. The molecule has 1 amide bonds. The third-order valence-electron chi connectivity index (χ3n) is 2.11. The van der Waals surface area contributed by atoms with E-state index >= 15 is 0 Å². The lowest BCUT2D eigenvalue weighted by atomic mass is 10.2. The van der Waals surface area contributed by atoms with E-state index in [1.165, 1.54) is 13.2 Å². The Morgan fingerprint density at radius 3 is 2.70 bits per heavy atom. The van der Waals surface area contributed by atoms with Gasteiger partial charge in [0.1, 0.15) is 5.60 Å². The van der Waals surface area contributed by atoms with Crippen LogP contribution in [-0.2, 0) is 4.74 Å². The Labute approximate surface area is 118 Å². The second kappa shape index (κ2) is 6.80. The highest BCUT2D eigenvalue weighted by molar-refractivity contribution is 5.68. The van der Waals surface area contributed by atoms with Gasteiger partial charge < -0.3 is 14.8 Å². The van der Waals surface area contributed by atoms with E-state index in [2.05, 4.69) is 17.2 Å². The molecular formula is C15H18FNO3. The molecule has 5 heteroatoms. The molecule has 0 unspecified atom stereocenters. The van der Waals surface area contributed by atoms with Crippen LogP contribution in [0.3, 0.4) is 0 Å². The largest absolute Gasteiger partial charge is 0.492 e. The molecule has 108 valence electrons. The minimum atomic E-state index is -0.552. The van der Waals surface area contributed by atoms with Crippen LogP contribution < -0.4 is 10.1 Å². The summed E-state index contributed by atoms with van der Waals surface area (Å²) in [4.78, 5) is 11.4. The summed E-state index contributed by atoms with van der Waals surface area (Å²) in [6.45, 7) is 5.43. The van der Waals surface area contributed by atoms with Gasteiger partial charge in [-0.05, 0) is 32.9 Å². The predicted molar refractivity (Wildman–Crippen MR) is 74.1 cm³/mol. The van der Waals surface area contributed by atoms with Crippen LogP contribution in [0.25, 0.3) is 0 Å². The molecule has 20 heavy (non-hydrogen) atoms. The van der Waals surface area contributed by atoms with E-state index in [-0.39, 0.29) is 12.3 Å². The molecule has 0 aliphatic heterocycles. The van der Waals surface area contributed by atoms with E-state index in [1.807, 2.05) is 0 Å². The molecule has 1 N–H and O–H groups in total. The van der Waals surface area contributed by atoms with E-state index in [0.717, 1.165) is 0 Å². The molecule has 0 spiro atoms. The van der Waals surface area contributed by atoms with Gasteiger partial charge in [0.2, 0.25) is 0 Å². The lowest BCUT2D eigenvalue weighted by Gasteiger charge is -2.19. The van der Waals surface area contributed by atoms with Gasteiger partial charge in [-0.2, -0.15) is 0 Å². The lowest BCUT2D eigenvalue weighted by Crippen LogP contribution is -2.32. The number of benzene rings is 1. The Bertz CT molecular complexity index is 538. The summed E-state index contributed by atoms with van der Waals surface area (Å²) in [6, 6.07) is 4.48. The normalized spacial score (nSPS) is 10.2. The van der Waals surface area contributed by atoms with Crippen molar-refractivity contribution in [3.05, 3.63) is 29.6 Å². The van der Waals surface area contributed by atoms with E-state index in [0.29, 0.717) is 5.56 Å². The molecule has 0 atom stereocenters. The maximum absolute atomic E-state index is 13.4. The number of hydrogen-bond acceptors (Lipinski definition) is 3. The van der Waals surface area contributed by atoms with Crippen LogP contribution in [0, 0.1) is 17.7 Å². The molecule has 0 fully saturated rings. The molecule has 0 saturated heterocycles. The number of carbonyl (C=O) groups is 1. The second-order valence-corrected chi connectivity index (χ2v) is 4.98. The number of halogens is 1. The van der Waals surface area contributed by atoms with Gasteiger partial charge in [-0.25, -0.2) is 9.18 Å². The van der Waals surface area contributed by atoms with Crippen LogP contribution in [0.5, 0.6) is 5.75 Å². The van der Waals surface area contributed by atoms with Gasteiger partial charge in [0.25, 0.3) is 0 Å². The van der Waals surface area contributed by atoms with Crippen molar-refractivity contribution in [3.8, 4) is 17.6 Å². The molecule has 0 radical (unpaired) electrons. The fourth-order valence-corrected chi connectivity index (χ4v) is 1.38. The highest BCUT2D eigenvalue weighted by Crippen LogP contribution is 2.20. The molecule has 0 aliphatic carbocycles. The summed E-state index contributed by atoms with van der Waals surface area (Å²) in [7, 11) is 1.38. The highest BCUT2D eigenvalue weighted by atomic mass is 19.1. The summed E-state index contributed by atoms with van der Waals surface area (Å²) >= 11 is 0. The Morgan fingerprint density at radius 2 is 2.10 bits per heavy atom. The summed E-state index contributed by atoms with van der Waals surface area (Å²) < 4.78 is 23.4. The van der Waals surface area contributed by atoms with Crippen molar-refractivity contribution in [1.82, 2.24) is 5.32 Å². The molecule has 0 aromatic heterocycles. The zero-order chi connectivity index (χ0) is 15.2. The zero-order valence-electron chi connectivity index (χ0n) is 12.0. The van der Waals surface area contributed by atoms with Crippen LogP contribution in [0.2, 0.25) is 0 Å². The number of hydrogen-bond donors (Lipinski definition) is 1. The summed E-state index contributed by atoms with van der Waals surface area (Å²) in [5.74, 6) is 5.07. The Balaban J connectivity index is 2.60. The van der Waals surface area contributed by atoms with Crippen LogP contribution in [0.15, 0.2) is 18.2 Å². The Morgan fingerprint density at radius 1 is 1.40 bits per heavy atom.